The van der Waals surface area contributed by atoms with Gasteiger partial charge in [0.2, 0.25) is 0 Å². The van der Waals surface area contributed by atoms with E-state index in [4.69, 9.17) is 4.74 Å². The number of carbonyl (C=O) groups is 4. The third kappa shape index (κ3) is 4.94. The number of sulfone groups is 1. The summed E-state index contributed by atoms with van der Waals surface area (Å²) in [6.45, 7) is -0.0134. The van der Waals surface area contributed by atoms with Crippen molar-refractivity contribution in [3.63, 3.8) is 0 Å². The second-order valence-electron chi connectivity index (χ2n) is 7.22. The topological polar surface area (TPSA) is 201 Å². The van der Waals surface area contributed by atoms with Crippen molar-refractivity contribution >= 4 is 33.7 Å². The molecule has 2 aliphatic rings. The van der Waals surface area contributed by atoms with Crippen molar-refractivity contribution in [1.82, 2.24) is 4.90 Å². The number of aromatic hydroxyl groups is 2. The van der Waals surface area contributed by atoms with Crippen LogP contribution < -0.4 is 69.3 Å². The van der Waals surface area contributed by atoms with Gasteiger partial charge in [-0.3, -0.25) is 9.59 Å². The number of nitrogens with zero attached hydrogens (tertiary/aromatic N) is 1. The standard InChI is InChI=1S/C18H17NO11S.2Na/c1-18(7-30-13(24)5-8-2-3-10(20)11(21)4-8)14(17(26)27)19-15(25)9(6-12(22)23)16(19)31(18,28)29;;/h2-4,6,14,16,20-21H,5,7H2,1H3,(H,22,23)(H,26,27);;/q;2*+1/p-2/b9-6-;;/t14-,16?,18-;;/m0../s1. The maximum absolute atomic E-state index is 13.0. The van der Waals surface area contributed by atoms with Crippen LogP contribution in [0.4, 0.5) is 0 Å². The zero-order chi connectivity index (χ0) is 23.3. The van der Waals surface area contributed by atoms with E-state index in [1.165, 1.54) is 6.07 Å². The van der Waals surface area contributed by atoms with E-state index in [0.29, 0.717) is 4.90 Å². The number of phenolic OH excluding ortho intramolecular Hbond substituents is 2. The maximum Gasteiger partial charge on any atom is 1.00 e. The molecule has 3 rings (SSSR count). The number of benzene rings is 1. The van der Waals surface area contributed by atoms with Crippen LogP contribution in [0.25, 0.3) is 0 Å². The molecule has 2 heterocycles. The molecule has 2 saturated heterocycles. The first kappa shape index (κ1) is 29.4. The summed E-state index contributed by atoms with van der Waals surface area (Å²) in [6, 6.07) is 1.47. The molecule has 2 aliphatic heterocycles. The Bertz CT molecular complexity index is 1150. The number of β-lactam (4-membered cyclic amide) rings is 1. The average molecular weight is 499 g/mol. The van der Waals surface area contributed by atoms with Gasteiger partial charge in [-0.2, -0.15) is 0 Å². The number of rotatable bonds is 6. The van der Waals surface area contributed by atoms with Gasteiger partial charge in [0.05, 0.1) is 30.0 Å². The monoisotopic (exact) mass is 499 g/mol. The summed E-state index contributed by atoms with van der Waals surface area (Å²) in [6.07, 6.45) is -0.162. The number of carboxylic acid groups (broad SMARTS) is 2. The van der Waals surface area contributed by atoms with Gasteiger partial charge in [-0.05, 0) is 30.7 Å². The molecule has 0 radical (unpaired) electrons. The van der Waals surface area contributed by atoms with Crippen molar-refractivity contribution in [3.8, 4) is 11.5 Å². The number of hydrogen-bond donors (Lipinski definition) is 2. The van der Waals surface area contributed by atoms with Crippen LogP contribution in [0.1, 0.15) is 12.5 Å². The molecule has 166 valence electrons. The molecule has 0 aromatic heterocycles. The number of ether oxygens (including phenoxy) is 1. The summed E-state index contributed by atoms with van der Waals surface area (Å²) >= 11 is 0. The summed E-state index contributed by atoms with van der Waals surface area (Å²) in [7, 11) is -4.56. The molecule has 1 unspecified atom stereocenters. The number of carbonyl (C=O) groups excluding carboxylic acids is 4. The number of phenols is 2. The largest absolute Gasteiger partial charge is 1.00 e. The molecule has 1 aromatic rings. The number of esters is 1. The Balaban J connectivity index is 0.00000272. The fraction of sp³-hybridized carbons (Fsp3) is 0.333. The molecule has 15 heteroatoms. The molecule has 3 atom stereocenters. The minimum atomic E-state index is -4.56. The van der Waals surface area contributed by atoms with Gasteiger partial charge in [0.1, 0.15) is 11.4 Å². The summed E-state index contributed by atoms with van der Waals surface area (Å²) in [5, 5.41) is 39.3. The van der Waals surface area contributed by atoms with Crippen LogP contribution in [0.5, 0.6) is 11.5 Å². The Hall–Kier alpha value is -1.61. The average Bonchev–Trinajstić information content (AvgIpc) is 2.83. The Morgan fingerprint density at radius 3 is 2.30 bits per heavy atom. The predicted octanol–water partition coefficient (Wildman–Crippen LogP) is -9.66. The van der Waals surface area contributed by atoms with Crippen LogP contribution in [0, 0.1) is 0 Å². The van der Waals surface area contributed by atoms with Gasteiger partial charge in [-0.15, -0.1) is 0 Å². The molecule has 0 spiro atoms. The predicted molar refractivity (Wildman–Crippen MR) is 94.3 cm³/mol. The van der Waals surface area contributed by atoms with E-state index < -0.39 is 79.9 Å². The fourth-order valence-corrected chi connectivity index (χ4v) is 5.90. The number of amides is 1. The maximum atomic E-state index is 13.0. The number of fused-ring (bicyclic) bond motifs is 1. The molecule has 0 saturated carbocycles. The van der Waals surface area contributed by atoms with Gasteiger partial charge in [0.25, 0.3) is 5.91 Å². The molecule has 1 aromatic carbocycles. The first-order valence-corrected chi connectivity index (χ1v) is 10.2. The first-order chi connectivity index (χ1) is 14.3. The van der Waals surface area contributed by atoms with Crippen LogP contribution in [0.15, 0.2) is 29.8 Å². The summed E-state index contributed by atoms with van der Waals surface area (Å²) in [4.78, 5) is 47.2. The van der Waals surface area contributed by atoms with E-state index in [0.717, 1.165) is 19.1 Å². The molecule has 1 amide bonds. The Kier molecular flexibility index (Phi) is 9.22. The zero-order valence-corrected chi connectivity index (χ0v) is 22.6. The van der Waals surface area contributed by atoms with E-state index in [2.05, 4.69) is 0 Å². The van der Waals surface area contributed by atoms with E-state index in [1.807, 2.05) is 0 Å². The molecule has 0 bridgehead atoms. The van der Waals surface area contributed by atoms with Gasteiger partial charge in [0.15, 0.2) is 26.7 Å². The summed E-state index contributed by atoms with van der Waals surface area (Å²) in [5.41, 5.74) is -0.449. The van der Waals surface area contributed by atoms with Crippen LogP contribution in [0.3, 0.4) is 0 Å². The van der Waals surface area contributed by atoms with Crippen LogP contribution >= 0.6 is 0 Å². The van der Waals surface area contributed by atoms with Gasteiger partial charge in [-0.1, -0.05) is 6.07 Å². The van der Waals surface area contributed by atoms with E-state index in [1.54, 1.807) is 0 Å². The molecule has 33 heavy (non-hydrogen) atoms. The molecule has 12 nitrogen and oxygen atoms in total. The molecular weight excluding hydrogens is 484 g/mol. The fourth-order valence-electron chi connectivity index (χ4n) is 3.62. The van der Waals surface area contributed by atoms with Crippen LogP contribution in [-0.4, -0.2) is 70.1 Å². The summed E-state index contributed by atoms with van der Waals surface area (Å²) < 4.78 is 28.6. The Morgan fingerprint density at radius 2 is 1.79 bits per heavy atom. The van der Waals surface area contributed by atoms with Crippen molar-refractivity contribution < 1.29 is 112 Å². The number of carboxylic acids is 2. The van der Waals surface area contributed by atoms with Crippen molar-refractivity contribution in [2.45, 2.75) is 29.5 Å². The number of hydrogen-bond acceptors (Lipinski definition) is 11. The Labute approximate surface area is 231 Å². The van der Waals surface area contributed by atoms with Gasteiger partial charge in [-0.25, -0.2) is 8.42 Å². The third-order valence-electron chi connectivity index (χ3n) is 5.21. The second-order valence-corrected chi connectivity index (χ2v) is 9.69. The minimum absolute atomic E-state index is 0. The minimum Gasteiger partial charge on any atom is -0.548 e. The van der Waals surface area contributed by atoms with E-state index >= 15 is 0 Å². The Morgan fingerprint density at radius 1 is 1.18 bits per heavy atom. The van der Waals surface area contributed by atoms with Crippen LogP contribution in [-0.2, 0) is 40.2 Å². The quantitative estimate of drug-likeness (QED) is 0.124. The summed E-state index contributed by atoms with van der Waals surface area (Å²) in [5.74, 6) is -6.78. The van der Waals surface area contributed by atoms with Crippen LogP contribution in [0.2, 0.25) is 0 Å². The van der Waals surface area contributed by atoms with Gasteiger partial charge in [0, 0.05) is 0 Å². The zero-order valence-electron chi connectivity index (χ0n) is 17.8. The van der Waals surface area contributed by atoms with Crippen molar-refractivity contribution in [3.05, 3.63) is 35.4 Å². The molecule has 0 aliphatic carbocycles. The normalized spacial score (nSPS) is 25.8. The van der Waals surface area contributed by atoms with E-state index in [-0.39, 0.29) is 70.8 Å². The molecule has 2 fully saturated rings. The smallest absolute Gasteiger partial charge is 0.548 e. The molecular formula is C18H15NNa2O11S. The van der Waals surface area contributed by atoms with Crippen molar-refractivity contribution in [1.29, 1.82) is 0 Å². The van der Waals surface area contributed by atoms with Gasteiger partial charge >= 0.3 is 65.1 Å². The number of aliphatic carboxylic acids is 2. The van der Waals surface area contributed by atoms with Crippen molar-refractivity contribution in [2.24, 2.45) is 0 Å². The SMILES string of the molecule is C[C@]1(COC(=O)Cc2ccc(O)c(O)c2)[C@H](C(=O)[O-])N2C(=O)/C(=C/C(=O)[O-])C2S1(=O)=O.[Na+].[Na+]. The van der Waals surface area contributed by atoms with E-state index in [9.17, 15) is 48.0 Å². The van der Waals surface area contributed by atoms with Crippen molar-refractivity contribution in [2.75, 3.05) is 6.61 Å². The first-order valence-electron chi connectivity index (χ1n) is 8.67. The molecule has 2 N–H and O–H groups in total. The van der Waals surface area contributed by atoms with Gasteiger partial charge < -0.3 is 39.7 Å². The second kappa shape index (κ2) is 10.3. The third-order valence-corrected chi connectivity index (χ3v) is 7.92.